The van der Waals surface area contributed by atoms with Gasteiger partial charge >= 0.3 is 0 Å². The average molecular weight is 277 g/mol. The number of hydrogen-bond donors (Lipinski definition) is 2. The predicted molar refractivity (Wildman–Crippen MR) is 76.6 cm³/mol. The molecule has 0 aliphatic rings. The highest BCUT2D eigenvalue weighted by molar-refractivity contribution is 5.81. The number of nitrogens with one attached hydrogen (secondary N) is 2. The Labute approximate surface area is 119 Å². The molecule has 0 spiro atoms. The Hall–Kier alpha value is -2.09. The zero-order valence-electron chi connectivity index (χ0n) is 12.2. The summed E-state index contributed by atoms with van der Waals surface area (Å²) in [6.45, 7) is 7.10. The molecule has 2 N–H and O–H groups in total. The minimum atomic E-state index is -0.926. The molecular formula is C15H20FN3O. The minimum absolute atomic E-state index is 0.0208. The smallest absolute Gasteiger partial charge is 0.240 e. The van der Waals surface area contributed by atoms with Crippen LogP contribution in [0.5, 0.6) is 0 Å². The van der Waals surface area contributed by atoms with Gasteiger partial charge in [0.15, 0.2) is 0 Å². The second-order valence-corrected chi connectivity index (χ2v) is 5.35. The first-order chi connectivity index (χ1) is 9.28. The van der Waals surface area contributed by atoms with E-state index in [-0.39, 0.29) is 24.1 Å². The molecule has 4 nitrogen and oxygen atoms in total. The van der Waals surface area contributed by atoms with Gasteiger partial charge in [-0.05, 0) is 37.5 Å². The van der Waals surface area contributed by atoms with E-state index in [1.807, 2.05) is 13.8 Å². The normalized spacial score (nSPS) is 13.4. The molecule has 0 aliphatic carbocycles. The summed E-state index contributed by atoms with van der Waals surface area (Å²) in [6.07, 6.45) is 0. The lowest BCUT2D eigenvalue weighted by Gasteiger charge is -2.27. The molecule has 1 atom stereocenters. The van der Waals surface area contributed by atoms with Gasteiger partial charge in [0.2, 0.25) is 5.91 Å². The Morgan fingerprint density at radius 2 is 2.15 bits per heavy atom. The van der Waals surface area contributed by atoms with E-state index in [9.17, 15) is 9.18 Å². The summed E-state index contributed by atoms with van der Waals surface area (Å²) in [7, 11) is 0. The van der Waals surface area contributed by atoms with Crippen molar-refractivity contribution in [2.75, 3.05) is 11.9 Å². The summed E-state index contributed by atoms with van der Waals surface area (Å²) in [6, 6.07) is 6.84. The lowest BCUT2D eigenvalue weighted by Crippen LogP contribution is -2.50. The van der Waals surface area contributed by atoms with Crippen LogP contribution in [-0.4, -0.2) is 18.0 Å². The highest BCUT2D eigenvalue weighted by Gasteiger charge is 2.29. The molecule has 5 heteroatoms. The molecular weight excluding hydrogens is 257 g/mol. The maximum absolute atomic E-state index is 13.6. The van der Waals surface area contributed by atoms with E-state index in [1.165, 1.54) is 6.07 Å². The van der Waals surface area contributed by atoms with Gasteiger partial charge in [0.05, 0.1) is 18.3 Å². The first-order valence-corrected chi connectivity index (χ1v) is 6.51. The average Bonchev–Trinajstić information content (AvgIpc) is 2.37. The van der Waals surface area contributed by atoms with Crippen molar-refractivity contribution in [1.29, 1.82) is 5.26 Å². The topological polar surface area (TPSA) is 64.9 Å². The van der Waals surface area contributed by atoms with E-state index in [4.69, 9.17) is 5.26 Å². The number of rotatable bonds is 5. The van der Waals surface area contributed by atoms with Gasteiger partial charge in [0, 0.05) is 0 Å². The predicted octanol–water partition coefficient (Wildman–Crippen LogP) is 2.60. The van der Waals surface area contributed by atoms with Crippen molar-refractivity contribution >= 4 is 11.6 Å². The molecule has 0 saturated heterocycles. The molecule has 1 amide bonds. The lowest BCUT2D eigenvalue weighted by molar-refractivity contribution is -0.121. The molecule has 0 radical (unpaired) electrons. The van der Waals surface area contributed by atoms with Crippen LogP contribution in [0.1, 0.15) is 26.3 Å². The van der Waals surface area contributed by atoms with E-state index in [1.54, 1.807) is 26.0 Å². The summed E-state index contributed by atoms with van der Waals surface area (Å²) >= 11 is 0. The Bertz CT molecular complexity index is 536. The number of hydrogen-bond acceptors (Lipinski definition) is 3. The Kier molecular flexibility index (Phi) is 5.09. The Morgan fingerprint density at radius 1 is 1.50 bits per heavy atom. The zero-order chi connectivity index (χ0) is 15.3. The molecule has 0 heterocycles. The highest BCUT2D eigenvalue weighted by Crippen LogP contribution is 2.16. The summed E-state index contributed by atoms with van der Waals surface area (Å²) in [4.78, 5) is 11.8. The van der Waals surface area contributed by atoms with Gasteiger partial charge in [-0.15, -0.1) is 0 Å². The van der Waals surface area contributed by atoms with Crippen molar-refractivity contribution in [3.63, 3.8) is 0 Å². The number of carbonyl (C=O) groups excluding carboxylic acids is 1. The van der Waals surface area contributed by atoms with Crippen LogP contribution in [0.15, 0.2) is 18.2 Å². The number of nitriles is 1. The van der Waals surface area contributed by atoms with Crippen molar-refractivity contribution in [1.82, 2.24) is 5.32 Å². The van der Waals surface area contributed by atoms with Crippen LogP contribution < -0.4 is 10.6 Å². The second-order valence-electron chi connectivity index (χ2n) is 5.35. The molecule has 0 aliphatic heterocycles. The number of amides is 1. The van der Waals surface area contributed by atoms with Gasteiger partial charge in [-0.1, -0.05) is 19.9 Å². The highest BCUT2D eigenvalue weighted by atomic mass is 19.1. The second kappa shape index (κ2) is 6.38. The molecule has 0 fully saturated rings. The number of halogens is 1. The number of aryl methyl sites for hydroxylation is 1. The van der Waals surface area contributed by atoms with Gasteiger partial charge in [-0.3, -0.25) is 4.79 Å². The first kappa shape index (κ1) is 16.0. The van der Waals surface area contributed by atoms with Crippen LogP contribution >= 0.6 is 0 Å². The fourth-order valence-electron chi connectivity index (χ4n) is 1.57. The summed E-state index contributed by atoms with van der Waals surface area (Å²) in [5.41, 5.74) is 0.160. The largest absolute Gasteiger partial charge is 0.374 e. The van der Waals surface area contributed by atoms with Crippen LogP contribution in [0, 0.1) is 30.0 Å². The van der Waals surface area contributed by atoms with Crippen molar-refractivity contribution in [2.24, 2.45) is 5.92 Å². The SMILES string of the molecule is Cc1ccc(NCC(=O)N[C@@](C)(C#N)C(C)C)c(F)c1. The fourth-order valence-corrected chi connectivity index (χ4v) is 1.57. The van der Waals surface area contributed by atoms with Crippen molar-refractivity contribution in [3.05, 3.63) is 29.6 Å². The molecule has 0 aromatic heterocycles. The molecule has 0 bridgehead atoms. The zero-order valence-corrected chi connectivity index (χ0v) is 12.2. The van der Waals surface area contributed by atoms with Crippen LogP contribution in [0.25, 0.3) is 0 Å². The molecule has 1 aromatic carbocycles. The van der Waals surface area contributed by atoms with Crippen LogP contribution in [0.3, 0.4) is 0 Å². The summed E-state index contributed by atoms with van der Waals surface area (Å²) in [5, 5.41) is 14.5. The van der Waals surface area contributed by atoms with Crippen LogP contribution in [0.4, 0.5) is 10.1 Å². The Morgan fingerprint density at radius 3 is 2.65 bits per heavy atom. The van der Waals surface area contributed by atoms with Gasteiger partial charge < -0.3 is 10.6 Å². The molecule has 20 heavy (non-hydrogen) atoms. The van der Waals surface area contributed by atoms with E-state index in [0.29, 0.717) is 0 Å². The Balaban J connectivity index is 2.62. The standard InChI is InChI=1S/C15H20FN3O/c1-10(2)15(4,9-17)19-14(20)8-18-13-6-5-11(3)7-12(13)16/h5-7,10,18H,8H2,1-4H3,(H,19,20)/t15-/m0/s1. The molecule has 108 valence electrons. The maximum atomic E-state index is 13.6. The molecule has 1 rings (SSSR count). The van der Waals surface area contributed by atoms with E-state index >= 15 is 0 Å². The van der Waals surface area contributed by atoms with Crippen molar-refractivity contribution < 1.29 is 9.18 Å². The van der Waals surface area contributed by atoms with Gasteiger partial charge in [0.25, 0.3) is 0 Å². The lowest BCUT2D eigenvalue weighted by atomic mass is 9.90. The number of anilines is 1. The quantitative estimate of drug-likeness (QED) is 0.869. The van der Waals surface area contributed by atoms with Crippen molar-refractivity contribution in [2.45, 2.75) is 33.2 Å². The van der Waals surface area contributed by atoms with Gasteiger partial charge in [-0.25, -0.2) is 4.39 Å². The first-order valence-electron chi connectivity index (χ1n) is 6.51. The molecule has 0 unspecified atom stereocenters. The number of carbonyl (C=O) groups is 1. The van der Waals surface area contributed by atoms with E-state index in [0.717, 1.165) is 5.56 Å². The monoisotopic (exact) mass is 277 g/mol. The number of benzene rings is 1. The van der Waals surface area contributed by atoms with Gasteiger partial charge in [-0.2, -0.15) is 5.26 Å². The fraction of sp³-hybridized carbons (Fsp3) is 0.467. The third-order valence-corrected chi connectivity index (χ3v) is 3.35. The van der Waals surface area contributed by atoms with E-state index < -0.39 is 11.4 Å². The maximum Gasteiger partial charge on any atom is 0.240 e. The number of nitrogens with zero attached hydrogens (tertiary/aromatic N) is 1. The summed E-state index contributed by atoms with van der Waals surface area (Å²) < 4.78 is 13.6. The third-order valence-electron chi connectivity index (χ3n) is 3.35. The van der Waals surface area contributed by atoms with Crippen LogP contribution in [-0.2, 0) is 4.79 Å². The van der Waals surface area contributed by atoms with Crippen molar-refractivity contribution in [3.8, 4) is 6.07 Å². The minimum Gasteiger partial charge on any atom is -0.374 e. The van der Waals surface area contributed by atoms with E-state index in [2.05, 4.69) is 16.7 Å². The van der Waals surface area contributed by atoms with Gasteiger partial charge in [0.1, 0.15) is 11.4 Å². The third kappa shape index (κ3) is 3.95. The molecule has 1 aromatic rings. The molecule has 0 saturated carbocycles. The summed E-state index contributed by atoms with van der Waals surface area (Å²) in [5.74, 6) is -0.764. The van der Waals surface area contributed by atoms with Crippen LogP contribution in [0.2, 0.25) is 0 Å².